The molecule has 1 amide bonds. The Labute approximate surface area is 127 Å². The van der Waals surface area contributed by atoms with Crippen molar-refractivity contribution >= 4 is 42.6 Å². The maximum atomic E-state index is 11.9. The molecule has 0 spiro atoms. The fraction of sp³-hybridized carbons (Fsp3) is 0.385. The molecule has 0 radical (unpaired) electrons. The summed E-state index contributed by atoms with van der Waals surface area (Å²) in [5, 5.41) is 3.13. The van der Waals surface area contributed by atoms with Gasteiger partial charge in [-0.2, -0.15) is 4.31 Å². The Balaban J connectivity index is 2.15. The molecule has 0 saturated heterocycles. The highest BCUT2D eigenvalue weighted by Gasteiger charge is 2.16. The largest absolute Gasteiger partial charge is 0.301 e. The zero-order chi connectivity index (χ0) is 15.6. The Morgan fingerprint density at radius 3 is 2.76 bits per heavy atom. The van der Waals surface area contributed by atoms with Crippen LogP contribution in [-0.4, -0.2) is 43.5 Å². The minimum absolute atomic E-state index is 0.227. The number of rotatable bonds is 5. The van der Waals surface area contributed by atoms with Crippen molar-refractivity contribution in [3.8, 4) is 0 Å². The van der Waals surface area contributed by atoms with Gasteiger partial charge in [-0.3, -0.25) is 4.79 Å². The lowest BCUT2D eigenvalue weighted by Crippen LogP contribution is -2.34. The van der Waals surface area contributed by atoms with E-state index in [4.69, 9.17) is 0 Å². The van der Waals surface area contributed by atoms with Crippen LogP contribution in [-0.2, 0) is 21.2 Å². The summed E-state index contributed by atoms with van der Waals surface area (Å²) in [7, 11) is -2.01. The van der Waals surface area contributed by atoms with Gasteiger partial charge in [0, 0.05) is 7.05 Å². The van der Waals surface area contributed by atoms with Gasteiger partial charge in [-0.05, 0) is 18.1 Å². The summed E-state index contributed by atoms with van der Waals surface area (Å²) < 4.78 is 24.5. The Hall–Kier alpha value is -1.51. The van der Waals surface area contributed by atoms with Crippen LogP contribution in [0.2, 0.25) is 0 Å². The van der Waals surface area contributed by atoms with Crippen LogP contribution in [0.5, 0.6) is 0 Å². The minimum atomic E-state index is -3.37. The Morgan fingerprint density at radius 1 is 1.43 bits per heavy atom. The van der Waals surface area contributed by atoms with Crippen LogP contribution in [0.1, 0.15) is 12.5 Å². The number of para-hydroxylation sites is 1. The van der Waals surface area contributed by atoms with E-state index in [2.05, 4.69) is 10.3 Å². The average molecular weight is 327 g/mol. The van der Waals surface area contributed by atoms with Gasteiger partial charge in [0.2, 0.25) is 15.9 Å². The quantitative estimate of drug-likeness (QED) is 0.906. The summed E-state index contributed by atoms with van der Waals surface area (Å²) in [4.78, 5) is 16.3. The fourth-order valence-corrected chi connectivity index (χ4v) is 3.10. The molecule has 0 bridgehead atoms. The number of hydrogen-bond donors (Lipinski definition) is 1. The summed E-state index contributed by atoms with van der Waals surface area (Å²) >= 11 is 1.38. The van der Waals surface area contributed by atoms with Crippen LogP contribution in [0.3, 0.4) is 0 Å². The molecule has 8 heteroatoms. The molecule has 0 atom stereocenters. The van der Waals surface area contributed by atoms with Gasteiger partial charge in [-0.15, -0.1) is 0 Å². The van der Waals surface area contributed by atoms with E-state index in [9.17, 15) is 13.2 Å². The maximum Gasteiger partial charge on any atom is 0.241 e. The molecule has 1 aromatic carbocycles. The van der Waals surface area contributed by atoms with Crippen molar-refractivity contribution in [3.05, 3.63) is 23.8 Å². The molecule has 0 unspecified atom stereocenters. The number of anilines is 1. The van der Waals surface area contributed by atoms with E-state index in [0.29, 0.717) is 5.13 Å². The second-order valence-corrected chi connectivity index (χ2v) is 7.82. The highest BCUT2D eigenvalue weighted by atomic mass is 32.2. The monoisotopic (exact) mass is 327 g/mol. The minimum Gasteiger partial charge on any atom is -0.301 e. The van der Waals surface area contributed by atoms with E-state index >= 15 is 0 Å². The first-order valence-electron chi connectivity index (χ1n) is 6.41. The third-order valence-corrected chi connectivity index (χ3v) is 5.26. The van der Waals surface area contributed by atoms with E-state index in [0.717, 1.165) is 32.8 Å². The topological polar surface area (TPSA) is 79.4 Å². The van der Waals surface area contributed by atoms with Gasteiger partial charge >= 0.3 is 0 Å². The highest BCUT2D eigenvalue weighted by molar-refractivity contribution is 7.88. The Bertz CT molecular complexity index is 768. The van der Waals surface area contributed by atoms with Crippen molar-refractivity contribution in [3.63, 3.8) is 0 Å². The highest BCUT2D eigenvalue weighted by Crippen LogP contribution is 2.28. The number of likely N-dealkylation sites (N-methyl/N-ethyl adjacent to an activating group) is 1. The molecule has 0 aliphatic heterocycles. The van der Waals surface area contributed by atoms with Crippen LogP contribution in [0, 0.1) is 0 Å². The van der Waals surface area contributed by atoms with Crippen LogP contribution in [0.25, 0.3) is 10.2 Å². The predicted octanol–water partition coefficient (Wildman–Crippen LogP) is 1.69. The predicted molar refractivity (Wildman–Crippen MR) is 85.1 cm³/mol. The summed E-state index contributed by atoms with van der Waals surface area (Å²) in [5.41, 5.74) is 2.01. The number of thiazole rings is 1. The summed E-state index contributed by atoms with van der Waals surface area (Å²) in [6, 6.07) is 5.91. The van der Waals surface area contributed by atoms with Crippen LogP contribution >= 0.6 is 11.3 Å². The van der Waals surface area contributed by atoms with Crippen molar-refractivity contribution in [2.24, 2.45) is 0 Å². The fourth-order valence-electron chi connectivity index (χ4n) is 1.82. The molecule has 114 valence electrons. The number of carbonyl (C=O) groups excluding carboxylic acids is 1. The number of nitrogens with one attached hydrogen (secondary N) is 1. The number of hydrogen-bond acceptors (Lipinski definition) is 5. The van der Waals surface area contributed by atoms with E-state index < -0.39 is 15.9 Å². The van der Waals surface area contributed by atoms with Crippen molar-refractivity contribution in [1.82, 2.24) is 9.29 Å². The first kappa shape index (κ1) is 15.9. The maximum absolute atomic E-state index is 11.9. The first-order chi connectivity index (χ1) is 9.81. The Kier molecular flexibility index (Phi) is 4.60. The van der Waals surface area contributed by atoms with Gasteiger partial charge in [-0.1, -0.05) is 30.4 Å². The Morgan fingerprint density at radius 2 is 2.14 bits per heavy atom. The van der Waals surface area contributed by atoms with E-state index in [1.165, 1.54) is 18.4 Å². The van der Waals surface area contributed by atoms with Crippen LogP contribution in [0.4, 0.5) is 5.13 Å². The smallest absolute Gasteiger partial charge is 0.241 e. The number of aromatic nitrogens is 1. The first-order valence-corrected chi connectivity index (χ1v) is 9.07. The lowest BCUT2D eigenvalue weighted by atomic mass is 10.1. The van der Waals surface area contributed by atoms with Crippen molar-refractivity contribution < 1.29 is 13.2 Å². The lowest BCUT2D eigenvalue weighted by Gasteiger charge is -2.12. The van der Waals surface area contributed by atoms with Gasteiger partial charge in [0.25, 0.3) is 0 Å². The summed E-state index contributed by atoms with van der Waals surface area (Å²) in [6.45, 7) is 1.82. The molecule has 21 heavy (non-hydrogen) atoms. The number of fused-ring (bicyclic) bond motifs is 1. The molecule has 1 heterocycles. The number of aryl methyl sites for hydroxylation is 1. The third kappa shape index (κ3) is 3.78. The van der Waals surface area contributed by atoms with E-state index in [1.54, 1.807) is 0 Å². The summed E-state index contributed by atoms with van der Waals surface area (Å²) in [5.74, 6) is -0.403. The van der Waals surface area contributed by atoms with Crippen molar-refractivity contribution in [2.45, 2.75) is 13.3 Å². The van der Waals surface area contributed by atoms with Gasteiger partial charge in [0.05, 0.1) is 23.0 Å². The molecule has 0 aliphatic rings. The molecule has 0 saturated carbocycles. The van der Waals surface area contributed by atoms with Gasteiger partial charge in [0.1, 0.15) is 0 Å². The molecule has 0 aliphatic carbocycles. The molecule has 2 rings (SSSR count). The number of amides is 1. The van der Waals surface area contributed by atoms with Gasteiger partial charge in [0.15, 0.2) is 5.13 Å². The lowest BCUT2D eigenvalue weighted by molar-refractivity contribution is -0.116. The van der Waals surface area contributed by atoms with Crippen molar-refractivity contribution in [2.75, 3.05) is 25.2 Å². The third-order valence-electron chi connectivity index (χ3n) is 3.06. The zero-order valence-electron chi connectivity index (χ0n) is 12.1. The van der Waals surface area contributed by atoms with Crippen LogP contribution < -0.4 is 5.32 Å². The van der Waals surface area contributed by atoms with Crippen molar-refractivity contribution in [1.29, 1.82) is 0 Å². The molecule has 0 fully saturated rings. The number of nitrogens with zero attached hydrogens (tertiary/aromatic N) is 2. The second-order valence-electron chi connectivity index (χ2n) is 4.70. The normalized spacial score (nSPS) is 12.0. The molecule has 6 nitrogen and oxygen atoms in total. The van der Waals surface area contributed by atoms with E-state index in [1.807, 2.05) is 25.1 Å². The average Bonchev–Trinajstić information content (AvgIpc) is 2.79. The number of benzene rings is 1. The zero-order valence-corrected chi connectivity index (χ0v) is 13.7. The number of carbonyl (C=O) groups is 1. The van der Waals surface area contributed by atoms with Crippen LogP contribution in [0.15, 0.2) is 18.2 Å². The SMILES string of the molecule is CCc1cccc2sc(NC(=O)CN(C)S(C)(=O)=O)nc12. The van der Waals surface area contributed by atoms with Gasteiger partial charge in [-0.25, -0.2) is 13.4 Å². The van der Waals surface area contributed by atoms with Gasteiger partial charge < -0.3 is 5.32 Å². The molecular formula is C13H17N3O3S2. The summed E-state index contributed by atoms with van der Waals surface area (Å²) in [6.07, 6.45) is 1.93. The second kappa shape index (κ2) is 6.08. The molecule has 1 aromatic heterocycles. The standard InChI is InChI=1S/C13H17N3O3S2/c1-4-9-6-5-7-10-12(9)15-13(20-10)14-11(17)8-16(2)21(3,18)19/h5-7H,4,8H2,1-3H3,(H,14,15,17). The number of sulfonamides is 1. The molecule has 2 aromatic rings. The molecule has 1 N–H and O–H groups in total. The van der Waals surface area contributed by atoms with E-state index in [-0.39, 0.29) is 6.54 Å². The molecular weight excluding hydrogens is 310 g/mol.